The maximum atomic E-state index is 9.58. The first-order chi connectivity index (χ1) is 9.20. The van der Waals surface area contributed by atoms with Crippen LogP contribution in [0.25, 0.3) is 11.5 Å². The van der Waals surface area contributed by atoms with Crippen LogP contribution in [0.3, 0.4) is 0 Å². The van der Waals surface area contributed by atoms with Crippen LogP contribution < -0.4 is 0 Å². The zero-order valence-electron chi connectivity index (χ0n) is 11.0. The van der Waals surface area contributed by atoms with Crippen molar-refractivity contribution < 1.29 is 5.11 Å². The number of hydrogen-bond donors (Lipinski definition) is 1. The fourth-order valence-electron chi connectivity index (χ4n) is 2.13. The van der Waals surface area contributed by atoms with Crippen LogP contribution in [0.2, 0.25) is 0 Å². The minimum Gasteiger partial charge on any atom is -0.390 e. The van der Waals surface area contributed by atoms with Gasteiger partial charge in [0.1, 0.15) is 5.65 Å². The molecule has 3 aromatic rings. The van der Waals surface area contributed by atoms with E-state index < -0.39 is 0 Å². The average molecular weight is 256 g/mol. The van der Waals surface area contributed by atoms with Crippen LogP contribution in [0.4, 0.5) is 0 Å². The van der Waals surface area contributed by atoms with Gasteiger partial charge in [0.05, 0.1) is 18.0 Å². The van der Waals surface area contributed by atoms with E-state index in [2.05, 4.69) is 23.9 Å². The first kappa shape index (κ1) is 11.9. The number of imidazole rings is 1. The largest absolute Gasteiger partial charge is 0.390 e. The zero-order valence-corrected chi connectivity index (χ0v) is 11.0. The van der Waals surface area contributed by atoms with Crippen molar-refractivity contribution in [2.24, 2.45) is 0 Å². The molecule has 0 radical (unpaired) electrons. The molecular weight excluding hydrogens is 240 g/mol. The van der Waals surface area contributed by atoms with Gasteiger partial charge < -0.3 is 5.11 Å². The SMILES string of the molecule is CC(C)c1ccn(-c2nc3ccccn3c2CO)n1. The monoisotopic (exact) mass is 256 g/mol. The van der Waals surface area contributed by atoms with Crippen LogP contribution in [-0.2, 0) is 6.61 Å². The molecule has 5 heteroatoms. The van der Waals surface area contributed by atoms with E-state index in [9.17, 15) is 5.11 Å². The van der Waals surface area contributed by atoms with Crippen molar-refractivity contribution in [1.29, 1.82) is 0 Å². The quantitative estimate of drug-likeness (QED) is 0.781. The molecule has 0 amide bonds. The van der Waals surface area contributed by atoms with Crippen molar-refractivity contribution in [2.75, 3.05) is 0 Å². The molecule has 0 fully saturated rings. The molecule has 3 aromatic heterocycles. The third-order valence-corrected chi connectivity index (χ3v) is 3.18. The van der Waals surface area contributed by atoms with E-state index in [-0.39, 0.29) is 6.61 Å². The van der Waals surface area contributed by atoms with Gasteiger partial charge in [0.2, 0.25) is 0 Å². The van der Waals surface area contributed by atoms with Gasteiger partial charge in [-0.05, 0) is 24.1 Å². The molecule has 19 heavy (non-hydrogen) atoms. The summed E-state index contributed by atoms with van der Waals surface area (Å²) in [5.74, 6) is 1.05. The number of aliphatic hydroxyl groups excluding tert-OH is 1. The summed E-state index contributed by atoms with van der Waals surface area (Å²) in [6, 6.07) is 7.74. The Morgan fingerprint density at radius 1 is 1.21 bits per heavy atom. The van der Waals surface area contributed by atoms with Gasteiger partial charge in [0, 0.05) is 12.4 Å². The highest BCUT2D eigenvalue weighted by Crippen LogP contribution is 2.18. The molecule has 0 atom stereocenters. The van der Waals surface area contributed by atoms with Crippen molar-refractivity contribution in [1.82, 2.24) is 19.2 Å². The molecule has 0 unspecified atom stereocenters. The molecule has 0 aliphatic heterocycles. The van der Waals surface area contributed by atoms with Crippen LogP contribution in [0.15, 0.2) is 36.7 Å². The maximum Gasteiger partial charge on any atom is 0.177 e. The van der Waals surface area contributed by atoms with Gasteiger partial charge in [0.15, 0.2) is 5.82 Å². The molecule has 3 heterocycles. The second-order valence-corrected chi connectivity index (χ2v) is 4.81. The standard InChI is InChI=1S/C14H16N4O/c1-10(2)11-6-8-18(16-11)14-12(9-19)17-7-4-3-5-13(17)15-14/h3-8,10,19H,9H2,1-2H3. The van der Waals surface area contributed by atoms with Crippen LogP contribution in [-0.4, -0.2) is 24.3 Å². The topological polar surface area (TPSA) is 55.4 Å². The van der Waals surface area contributed by atoms with Crippen molar-refractivity contribution in [3.8, 4) is 5.82 Å². The second-order valence-electron chi connectivity index (χ2n) is 4.81. The van der Waals surface area contributed by atoms with Crippen molar-refractivity contribution in [3.05, 3.63) is 48.0 Å². The normalized spacial score (nSPS) is 11.6. The molecule has 1 N–H and O–H groups in total. The van der Waals surface area contributed by atoms with E-state index >= 15 is 0 Å². The third kappa shape index (κ3) is 1.92. The molecular formula is C14H16N4O. The van der Waals surface area contributed by atoms with E-state index in [0.29, 0.717) is 11.7 Å². The van der Waals surface area contributed by atoms with Gasteiger partial charge in [-0.15, -0.1) is 0 Å². The van der Waals surface area contributed by atoms with Gasteiger partial charge in [-0.1, -0.05) is 19.9 Å². The number of pyridine rings is 1. The molecule has 0 aromatic carbocycles. The van der Waals surface area contributed by atoms with E-state index in [1.165, 1.54) is 0 Å². The van der Waals surface area contributed by atoms with Gasteiger partial charge >= 0.3 is 0 Å². The van der Waals surface area contributed by atoms with Gasteiger partial charge in [0.25, 0.3) is 0 Å². The van der Waals surface area contributed by atoms with Crippen LogP contribution in [0, 0.1) is 0 Å². The summed E-state index contributed by atoms with van der Waals surface area (Å²) in [7, 11) is 0. The van der Waals surface area contributed by atoms with Gasteiger partial charge in [-0.2, -0.15) is 5.10 Å². The Hall–Kier alpha value is -2.14. The second kappa shape index (κ2) is 4.51. The number of aliphatic hydroxyl groups is 1. The van der Waals surface area contributed by atoms with E-state index in [1.807, 2.05) is 41.1 Å². The smallest absolute Gasteiger partial charge is 0.177 e. The number of rotatable bonds is 3. The molecule has 0 aliphatic carbocycles. The average Bonchev–Trinajstić information content (AvgIpc) is 3.02. The van der Waals surface area contributed by atoms with Crippen LogP contribution in [0.5, 0.6) is 0 Å². The summed E-state index contributed by atoms with van der Waals surface area (Å²) in [5, 5.41) is 14.1. The molecule has 0 aliphatic rings. The van der Waals surface area contributed by atoms with Crippen molar-refractivity contribution >= 4 is 5.65 Å². The first-order valence-corrected chi connectivity index (χ1v) is 6.33. The molecule has 0 bridgehead atoms. The fourth-order valence-corrected chi connectivity index (χ4v) is 2.13. The maximum absolute atomic E-state index is 9.58. The highest BCUT2D eigenvalue weighted by Gasteiger charge is 2.14. The summed E-state index contributed by atoms with van der Waals surface area (Å²) in [6.07, 6.45) is 3.78. The molecule has 3 rings (SSSR count). The van der Waals surface area contributed by atoms with Crippen molar-refractivity contribution in [2.45, 2.75) is 26.4 Å². The predicted molar refractivity (Wildman–Crippen MR) is 72.3 cm³/mol. The molecule has 5 nitrogen and oxygen atoms in total. The fraction of sp³-hybridized carbons (Fsp3) is 0.286. The van der Waals surface area contributed by atoms with Crippen molar-refractivity contribution in [3.63, 3.8) is 0 Å². The first-order valence-electron chi connectivity index (χ1n) is 6.33. The number of nitrogens with zero attached hydrogens (tertiary/aromatic N) is 4. The minimum absolute atomic E-state index is 0.0720. The molecule has 0 saturated heterocycles. The lowest BCUT2D eigenvalue weighted by atomic mass is 10.1. The predicted octanol–water partition coefficient (Wildman–Crippen LogP) is 2.14. The highest BCUT2D eigenvalue weighted by atomic mass is 16.3. The Morgan fingerprint density at radius 2 is 2.05 bits per heavy atom. The molecule has 0 saturated carbocycles. The van der Waals surface area contributed by atoms with E-state index in [1.54, 1.807) is 4.68 Å². The summed E-state index contributed by atoms with van der Waals surface area (Å²) in [6.45, 7) is 4.13. The summed E-state index contributed by atoms with van der Waals surface area (Å²) in [4.78, 5) is 4.53. The highest BCUT2D eigenvalue weighted by molar-refractivity contribution is 5.48. The number of aromatic nitrogens is 4. The van der Waals surface area contributed by atoms with Gasteiger partial charge in [-0.3, -0.25) is 4.40 Å². The summed E-state index contributed by atoms with van der Waals surface area (Å²) < 4.78 is 3.61. The zero-order chi connectivity index (χ0) is 13.4. The number of hydrogen-bond acceptors (Lipinski definition) is 3. The van der Waals surface area contributed by atoms with Crippen LogP contribution in [0.1, 0.15) is 31.2 Å². The van der Waals surface area contributed by atoms with E-state index in [0.717, 1.165) is 17.0 Å². The van der Waals surface area contributed by atoms with Crippen LogP contribution >= 0.6 is 0 Å². The van der Waals surface area contributed by atoms with Gasteiger partial charge in [-0.25, -0.2) is 9.67 Å². The number of fused-ring (bicyclic) bond motifs is 1. The Kier molecular flexibility index (Phi) is 2.83. The lowest BCUT2D eigenvalue weighted by molar-refractivity contribution is 0.275. The van der Waals surface area contributed by atoms with E-state index in [4.69, 9.17) is 0 Å². The molecule has 0 spiro atoms. The Balaban J connectivity index is 2.18. The summed E-state index contributed by atoms with van der Waals surface area (Å²) in [5.41, 5.74) is 2.57. The minimum atomic E-state index is -0.0720. The Bertz CT molecular complexity index is 711. The Labute approximate surface area is 111 Å². The Morgan fingerprint density at radius 3 is 2.74 bits per heavy atom. The lowest BCUT2D eigenvalue weighted by Gasteiger charge is -2.02. The molecule has 98 valence electrons. The third-order valence-electron chi connectivity index (χ3n) is 3.18. The lowest BCUT2D eigenvalue weighted by Crippen LogP contribution is -2.02. The summed E-state index contributed by atoms with van der Waals surface area (Å²) >= 11 is 0.